The minimum absolute atomic E-state index is 0.0180. The van der Waals surface area contributed by atoms with Crippen LogP contribution < -0.4 is 21.7 Å². The third kappa shape index (κ3) is 10.8. The molecule has 8 rings (SSSR count). The maximum absolute atomic E-state index is 15.0. The largest absolute Gasteiger partial charge is 0.393 e. The van der Waals surface area contributed by atoms with Crippen LogP contribution in [-0.4, -0.2) is 88.4 Å². The number of aliphatic hydroxyl groups excluding tert-OH is 3. The molecule has 11 unspecified atom stereocenters. The van der Waals surface area contributed by atoms with E-state index in [2.05, 4.69) is 66.4 Å². The molecule has 2 bridgehead atoms. The monoisotopic (exact) mass is 941 g/mol. The molecule has 6 aliphatic rings. The molecule has 1 amide bonds. The lowest BCUT2D eigenvalue weighted by Gasteiger charge is -2.61. The topological polar surface area (TPSA) is 186 Å². The molecule has 1 spiro atoms. The normalized spacial score (nSPS) is 34.2. The highest BCUT2D eigenvalue weighted by Gasteiger charge is 2.70. The van der Waals surface area contributed by atoms with Crippen LogP contribution in [0.2, 0.25) is 0 Å². The average Bonchev–Trinajstić information content (AvgIpc) is 3.62. The molecule has 2 aromatic carbocycles. The number of amides is 1. The summed E-state index contributed by atoms with van der Waals surface area (Å²) in [5.74, 6) is 5.24. The zero-order valence-electron chi connectivity index (χ0n) is 41.1. The van der Waals surface area contributed by atoms with Crippen molar-refractivity contribution in [2.75, 3.05) is 26.3 Å². The molecular weight excluding hydrogens is 865 g/mol. The van der Waals surface area contributed by atoms with Crippen LogP contribution >= 0.6 is 0 Å². The molecule has 9 N–H and O–H groups in total. The zero-order valence-corrected chi connectivity index (χ0v) is 41.1. The minimum atomic E-state index is -1.21. The van der Waals surface area contributed by atoms with E-state index in [0.29, 0.717) is 80.9 Å². The first-order chi connectivity index (χ1) is 33.2. The molecular formula is C58H76N4O7. The number of carbonyl (C=O) groups is 2. The van der Waals surface area contributed by atoms with Gasteiger partial charge in [0.2, 0.25) is 5.91 Å². The van der Waals surface area contributed by atoms with Gasteiger partial charge in [0.25, 0.3) is 0 Å². The second kappa shape index (κ2) is 22.3. The fourth-order valence-electron chi connectivity index (χ4n) is 13.3. The Labute approximate surface area is 409 Å². The molecule has 69 heavy (non-hydrogen) atoms. The highest BCUT2D eigenvalue weighted by Crippen LogP contribution is 2.69. The van der Waals surface area contributed by atoms with Crippen LogP contribution in [0.5, 0.6) is 0 Å². The summed E-state index contributed by atoms with van der Waals surface area (Å²) in [5, 5.41) is 59.5. The van der Waals surface area contributed by atoms with E-state index in [0.717, 1.165) is 59.2 Å². The summed E-state index contributed by atoms with van der Waals surface area (Å²) in [7, 11) is 0. The van der Waals surface area contributed by atoms with Crippen LogP contribution in [0.25, 0.3) is 0 Å². The van der Waals surface area contributed by atoms with E-state index in [-0.39, 0.29) is 55.7 Å². The van der Waals surface area contributed by atoms with Gasteiger partial charge in [-0.15, -0.1) is 0 Å². The molecule has 11 nitrogen and oxygen atoms in total. The van der Waals surface area contributed by atoms with Crippen molar-refractivity contribution >= 4 is 11.7 Å². The second-order valence-corrected chi connectivity index (χ2v) is 20.9. The first-order valence-corrected chi connectivity index (χ1v) is 25.7. The number of rotatable bonds is 3. The quantitative estimate of drug-likeness (QED) is 0.123. The molecule has 3 fully saturated rings. The molecule has 11 atom stereocenters. The minimum Gasteiger partial charge on any atom is -0.393 e. The van der Waals surface area contributed by atoms with Gasteiger partial charge in [0.15, 0.2) is 5.78 Å². The summed E-state index contributed by atoms with van der Waals surface area (Å²) in [4.78, 5) is 28.7. The maximum atomic E-state index is 15.0. The SMILES string of the molecule is C=C1C=CC=C(C2CC3CCCC4(O)CCC5=C(C)C(=O)Cc6cccc7c6C(NCC(O)CCc6cccc(c6)CC(O)CCC5C34C2O)C(=O)NC7N)COCC#CCC(C)=CCC1NCC. The van der Waals surface area contributed by atoms with Gasteiger partial charge in [0, 0.05) is 36.8 Å². The number of hydrogen-bond donors (Lipinski definition) is 8. The number of likely N-dealkylation sites (N-methyl/N-ethyl adjacent to an activating group) is 1. The van der Waals surface area contributed by atoms with Crippen molar-refractivity contribution in [3.8, 4) is 11.8 Å². The van der Waals surface area contributed by atoms with Gasteiger partial charge in [0.1, 0.15) is 18.8 Å². The van der Waals surface area contributed by atoms with E-state index >= 15 is 4.79 Å². The highest BCUT2D eigenvalue weighted by atomic mass is 16.5. The summed E-state index contributed by atoms with van der Waals surface area (Å²) in [6.07, 6.45) is 12.7. The lowest BCUT2D eigenvalue weighted by Crippen LogP contribution is -2.65. The summed E-state index contributed by atoms with van der Waals surface area (Å²) < 4.78 is 6.29. The standard InChI is InChI=1S/C58H76N4O7/c1-5-60-50-25-20-36(2)12-6-7-29-69-35-42(17-8-13-37(50)3)48-33-43-18-11-27-57(68)28-26-46-38(4)51(65)32-41-16-10-19-47-52(41)53(56(67)62-55(47)59)61-34-45(64)22-21-39-14-9-15-40(30-39)31-44(63)23-24-49(46)58(43,57)54(48)66/h8-10,13-17,19-20,30,43-45,48-50,53-55,60-61,63-64,66,68H,3,5,11-12,18,21-29,31-35,59H2,1-2,4H3,(H,62,67). The lowest BCUT2D eigenvalue weighted by molar-refractivity contribution is -0.216. The molecule has 0 radical (unpaired) electrons. The Bertz CT molecular complexity index is 2430. The number of benzene rings is 2. The predicted molar refractivity (Wildman–Crippen MR) is 270 cm³/mol. The Morgan fingerprint density at radius 1 is 0.986 bits per heavy atom. The summed E-state index contributed by atoms with van der Waals surface area (Å²) in [6, 6.07) is 13.0. The first-order valence-electron chi connectivity index (χ1n) is 25.7. The number of aryl methyl sites for hydroxylation is 1. The Morgan fingerprint density at radius 3 is 2.62 bits per heavy atom. The summed E-state index contributed by atoms with van der Waals surface area (Å²) in [5.41, 5.74) is 13.0. The maximum Gasteiger partial charge on any atom is 0.243 e. The van der Waals surface area contributed by atoms with E-state index in [1.165, 1.54) is 5.57 Å². The van der Waals surface area contributed by atoms with Crippen molar-refractivity contribution in [3.63, 3.8) is 0 Å². The summed E-state index contributed by atoms with van der Waals surface area (Å²) >= 11 is 0. The Kier molecular flexibility index (Phi) is 16.4. The van der Waals surface area contributed by atoms with Gasteiger partial charge in [-0.2, -0.15) is 0 Å². The molecule has 370 valence electrons. The van der Waals surface area contributed by atoms with E-state index in [9.17, 15) is 25.2 Å². The predicted octanol–water partition coefficient (Wildman–Crippen LogP) is 6.61. The number of nitrogens with one attached hydrogen (secondary N) is 3. The van der Waals surface area contributed by atoms with Crippen molar-refractivity contribution in [2.45, 2.75) is 153 Å². The van der Waals surface area contributed by atoms with Crippen LogP contribution in [0.1, 0.15) is 131 Å². The molecule has 11 heteroatoms. The molecule has 3 aliphatic heterocycles. The van der Waals surface area contributed by atoms with Gasteiger partial charge < -0.3 is 41.5 Å². The number of β-amino-alcohol motifs (C(OH)–C–C–N with tert-alkyl or cyclic N) is 1. The van der Waals surface area contributed by atoms with Gasteiger partial charge in [-0.05, 0) is 147 Å². The molecule has 3 heterocycles. The van der Waals surface area contributed by atoms with Gasteiger partial charge in [0.05, 0.1) is 30.5 Å². The number of hydrogen-bond acceptors (Lipinski definition) is 10. The number of ketones is 1. The Hall–Kier alpha value is -4.48. The Morgan fingerprint density at radius 2 is 1.80 bits per heavy atom. The average molecular weight is 941 g/mol. The third-order valence-corrected chi connectivity index (χ3v) is 16.7. The van der Waals surface area contributed by atoms with Crippen molar-refractivity contribution in [1.82, 2.24) is 16.0 Å². The number of aliphatic hydroxyl groups is 4. The van der Waals surface area contributed by atoms with Crippen LogP contribution in [0.4, 0.5) is 0 Å². The molecule has 3 saturated carbocycles. The number of allylic oxidation sites excluding steroid dienone is 5. The van der Waals surface area contributed by atoms with Gasteiger partial charge >= 0.3 is 0 Å². The number of Topliss-reactive ketones (excluding diaryl/α,β-unsaturated/α-hetero) is 1. The summed E-state index contributed by atoms with van der Waals surface area (Å²) in [6.45, 7) is 12.0. The van der Waals surface area contributed by atoms with Crippen molar-refractivity contribution < 1.29 is 34.8 Å². The fraction of sp³-hybridized carbons (Fsp3) is 0.552. The smallest absolute Gasteiger partial charge is 0.243 e. The number of carbonyl (C=O) groups excluding carboxylic acids is 2. The van der Waals surface area contributed by atoms with Crippen LogP contribution in [0.3, 0.4) is 0 Å². The van der Waals surface area contributed by atoms with Crippen molar-refractivity contribution in [1.29, 1.82) is 0 Å². The number of nitrogens with two attached hydrogens (primary N) is 1. The third-order valence-electron chi connectivity index (χ3n) is 16.7. The molecule has 2 aromatic rings. The number of fused-ring (bicyclic) bond motifs is 3. The lowest BCUT2D eigenvalue weighted by atomic mass is 9.45. The van der Waals surface area contributed by atoms with Crippen LogP contribution in [0.15, 0.2) is 101 Å². The van der Waals surface area contributed by atoms with Crippen molar-refractivity contribution in [2.24, 2.45) is 28.9 Å². The second-order valence-electron chi connectivity index (χ2n) is 20.9. The van der Waals surface area contributed by atoms with E-state index in [1.54, 1.807) is 0 Å². The van der Waals surface area contributed by atoms with Gasteiger partial charge in [-0.3, -0.25) is 14.9 Å². The van der Waals surface area contributed by atoms with E-state index in [1.807, 2.05) is 55.5 Å². The zero-order chi connectivity index (χ0) is 48.9. The van der Waals surface area contributed by atoms with Gasteiger partial charge in [-0.25, -0.2) is 0 Å². The Balaban J connectivity index is 1.21. The molecule has 0 saturated heterocycles. The van der Waals surface area contributed by atoms with E-state index in [4.69, 9.17) is 10.5 Å². The molecule has 0 aromatic heterocycles. The number of ether oxygens (including phenoxy) is 1. The van der Waals surface area contributed by atoms with Crippen LogP contribution in [-0.2, 0) is 33.6 Å². The van der Waals surface area contributed by atoms with Gasteiger partial charge in [-0.1, -0.05) is 110 Å². The molecule has 3 aliphatic carbocycles. The van der Waals surface area contributed by atoms with Crippen molar-refractivity contribution in [3.05, 3.63) is 129 Å². The highest BCUT2D eigenvalue weighted by molar-refractivity contribution is 5.98. The fourth-order valence-corrected chi connectivity index (χ4v) is 13.3. The first kappa shape index (κ1) is 50.9. The van der Waals surface area contributed by atoms with Crippen LogP contribution in [0, 0.1) is 35.0 Å². The van der Waals surface area contributed by atoms with E-state index < -0.39 is 47.5 Å².